The van der Waals surface area contributed by atoms with E-state index in [4.69, 9.17) is 0 Å². The Labute approximate surface area is 166 Å². The Balaban J connectivity index is 1.80. The molecule has 29 heavy (non-hydrogen) atoms. The van der Waals surface area contributed by atoms with Gasteiger partial charge < -0.3 is 5.32 Å². The van der Waals surface area contributed by atoms with Crippen molar-refractivity contribution >= 4 is 33.5 Å². The monoisotopic (exact) mass is 424 g/mol. The molecule has 1 aromatic carbocycles. The van der Waals surface area contributed by atoms with Gasteiger partial charge in [0.2, 0.25) is 5.91 Å². The Hall–Kier alpha value is -3.21. The van der Waals surface area contributed by atoms with E-state index in [1.165, 1.54) is 23.0 Å². The van der Waals surface area contributed by atoms with Crippen LogP contribution in [0.2, 0.25) is 0 Å². The molecule has 2 N–H and O–H groups in total. The number of hydrogen-bond donors (Lipinski definition) is 2. The first-order chi connectivity index (χ1) is 13.7. The zero-order valence-corrected chi connectivity index (χ0v) is 15.9. The van der Waals surface area contributed by atoms with Crippen molar-refractivity contribution in [2.24, 2.45) is 0 Å². The van der Waals surface area contributed by atoms with Crippen molar-refractivity contribution in [3.8, 4) is 10.4 Å². The summed E-state index contributed by atoms with van der Waals surface area (Å²) in [5.74, 6) is -0.941. The molecule has 3 aromatic rings. The number of amides is 3. The summed E-state index contributed by atoms with van der Waals surface area (Å²) in [6.07, 6.45) is -3.43. The lowest BCUT2D eigenvalue weighted by Gasteiger charge is -2.09. The minimum atomic E-state index is -4.60. The van der Waals surface area contributed by atoms with Crippen LogP contribution in [-0.2, 0) is 11.3 Å². The van der Waals surface area contributed by atoms with Gasteiger partial charge in [0, 0.05) is 4.88 Å². The average Bonchev–Trinajstić information content (AvgIpc) is 3.00. The van der Waals surface area contributed by atoms with Gasteiger partial charge in [-0.15, -0.1) is 11.3 Å². The number of benzene rings is 1. The summed E-state index contributed by atoms with van der Waals surface area (Å²) in [5, 5.41) is 3.62. The molecule has 0 fully saturated rings. The lowest BCUT2D eigenvalue weighted by molar-refractivity contribution is -0.124. The van der Waals surface area contributed by atoms with Crippen molar-refractivity contribution < 1.29 is 22.8 Å². The summed E-state index contributed by atoms with van der Waals surface area (Å²) >= 11 is 1.34. The summed E-state index contributed by atoms with van der Waals surface area (Å²) in [6, 6.07) is 8.14. The highest BCUT2D eigenvalue weighted by Gasteiger charge is 2.28. The molecule has 0 bridgehead atoms. The minimum Gasteiger partial charge on any atom is -0.329 e. The fourth-order valence-electron chi connectivity index (χ4n) is 2.68. The van der Waals surface area contributed by atoms with Gasteiger partial charge in [-0.1, -0.05) is 30.3 Å². The van der Waals surface area contributed by atoms with Crippen LogP contribution in [0, 0.1) is 6.92 Å². The van der Waals surface area contributed by atoms with Gasteiger partial charge in [-0.3, -0.25) is 19.5 Å². The molecule has 0 atom stereocenters. The van der Waals surface area contributed by atoms with E-state index in [0.29, 0.717) is 15.8 Å². The van der Waals surface area contributed by atoms with E-state index in [9.17, 15) is 27.6 Å². The van der Waals surface area contributed by atoms with E-state index in [1.54, 1.807) is 12.2 Å². The Morgan fingerprint density at radius 2 is 1.90 bits per heavy atom. The summed E-state index contributed by atoms with van der Waals surface area (Å²) in [7, 11) is 0. The van der Waals surface area contributed by atoms with Crippen molar-refractivity contribution in [3.05, 3.63) is 52.6 Å². The first-order valence-electron chi connectivity index (χ1n) is 8.34. The van der Waals surface area contributed by atoms with Crippen molar-refractivity contribution in [1.82, 2.24) is 20.2 Å². The fourth-order valence-corrected chi connectivity index (χ4v) is 3.83. The lowest BCUT2D eigenvalue weighted by Crippen LogP contribution is -2.45. The van der Waals surface area contributed by atoms with Gasteiger partial charge in [0.05, 0.1) is 11.7 Å². The highest BCUT2D eigenvalue weighted by molar-refractivity contribution is 7.22. The molecule has 0 spiro atoms. The number of carbonyl (C=O) groups is 2. The number of aromatic nitrogens is 2. The molecule has 7 nitrogen and oxygen atoms in total. The molecule has 3 amide bonds. The maximum Gasteiger partial charge on any atom is 0.405 e. The number of nitrogens with zero attached hydrogens (tertiary/aromatic N) is 2. The molecule has 0 aliphatic rings. The quantitative estimate of drug-likeness (QED) is 0.674. The van der Waals surface area contributed by atoms with Crippen molar-refractivity contribution in [1.29, 1.82) is 0 Å². The van der Waals surface area contributed by atoms with Crippen LogP contribution in [0.1, 0.15) is 5.56 Å². The third kappa shape index (κ3) is 4.80. The number of urea groups is 1. The molecule has 0 aliphatic carbocycles. The topological polar surface area (TPSA) is 93.1 Å². The predicted octanol–water partition coefficient (Wildman–Crippen LogP) is 2.82. The number of thiophene rings is 1. The van der Waals surface area contributed by atoms with Crippen molar-refractivity contribution in [3.63, 3.8) is 0 Å². The molecule has 2 aromatic heterocycles. The third-order valence-corrected chi connectivity index (χ3v) is 5.22. The number of hydrogen-bond acceptors (Lipinski definition) is 5. The normalized spacial score (nSPS) is 11.4. The molecular weight excluding hydrogens is 409 g/mol. The second-order valence-corrected chi connectivity index (χ2v) is 7.13. The fraction of sp³-hybridized carbons (Fsp3) is 0.222. The van der Waals surface area contributed by atoms with Crippen LogP contribution in [0.15, 0.2) is 41.5 Å². The molecule has 2 heterocycles. The zero-order chi connectivity index (χ0) is 21.2. The molecule has 3 rings (SSSR count). The molecule has 0 saturated heterocycles. The van der Waals surface area contributed by atoms with Gasteiger partial charge >= 0.3 is 12.2 Å². The van der Waals surface area contributed by atoms with Crippen LogP contribution in [0.4, 0.5) is 18.0 Å². The Kier molecular flexibility index (Phi) is 5.69. The van der Waals surface area contributed by atoms with Crippen molar-refractivity contribution in [2.75, 3.05) is 6.54 Å². The van der Waals surface area contributed by atoms with Crippen LogP contribution in [-0.4, -0.2) is 34.2 Å². The van der Waals surface area contributed by atoms with Crippen molar-refractivity contribution in [2.45, 2.75) is 19.6 Å². The zero-order valence-electron chi connectivity index (χ0n) is 15.0. The molecule has 0 radical (unpaired) electrons. The van der Waals surface area contributed by atoms with E-state index in [2.05, 4.69) is 4.98 Å². The number of alkyl halides is 3. The van der Waals surface area contributed by atoms with Crippen LogP contribution in [0.3, 0.4) is 0 Å². The van der Waals surface area contributed by atoms with E-state index in [1.807, 2.05) is 30.3 Å². The smallest absolute Gasteiger partial charge is 0.329 e. The van der Waals surface area contributed by atoms with Crippen LogP contribution < -0.4 is 16.2 Å². The van der Waals surface area contributed by atoms with E-state index in [-0.39, 0.29) is 0 Å². The van der Waals surface area contributed by atoms with Gasteiger partial charge in [0.15, 0.2) is 0 Å². The first-order valence-corrected chi connectivity index (χ1v) is 9.16. The second-order valence-electron chi connectivity index (χ2n) is 6.13. The van der Waals surface area contributed by atoms with Gasteiger partial charge in [0.25, 0.3) is 5.56 Å². The predicted molar refractivity (Wildman–Crippen MR) is 102 cm³/mol. The highest BCUT2D eigenvalue weighted by atomic mass is 32.1. The largest absolute Gasteiger partial charge is 0.405 e. The molecule has 0 aliphatic heterocycles. The third-order valence-electron chi connectivity index (χ3n) is 3.97. The Bertz CT molecular complexity index is 1120. The molecule has 11 heteroatoms. The Morgan fingerprint density at radius 1 is 1.21 bits per heavy atom. The van der Waals surface area contributed by atoms with E-state index in [0.717, 1.165) is 15.0 Å². The number of nitrogens with one attached hydrogen (secondary N) is 2. The van der Waals surface area contributed by atoms with Gasteiger partial charge in [-0.05, 0) is 18.1 Å². The Morgan fingerprint density at radius 3 is 2.55 bits per heavy atom. The average molecular weight is 424 g/mol. The van der Waals surface area contributed by atoms with Crippen LogP contribution >= 0.6 is 11.3 Å². The number of aryl methyl sites for hydroxylation is 1. The van der Waals surface area contributed by atoms with Crippen LogP contribution in [0.25, 0.3) is 20.7 Å². The summed E-state index contributed by atoms with van der Waals surface area (Å²) in [6.45, 7) is -0.355. The lowest BCUT2D eigenvalue weighted by atomic mass is 10.1. The first kappa shape index (κ1) is 20.5. The maximum absolute atomic E-state index is 12.8. The van der Waals surface area contributed by atoms with Gasteiger partial charge in [0.1, 0.15) is 17.9 Å². The molecule has 0 saturated carbocycles. The molecule has 0 unspecified atom stereocenters. The number of rotatable bonds is 4. The standard InChI is InChI=1S/C18H15F3N4O3S/c1-10-13-15(29-14(10)11-5-3-2-4-6-11)23-9-25(16(13)27)7-12(26)24-17(28)22-8-18(19,20)21/h2-6,9H,7-8H2,1H3,(H2,22,24,26,28). The van der Waals surface area contributed by atoms with E-state index >= 15 is 0 Å². The summed E-state index contributed by atoms with van der Waals surface area (Å²) < 4.78 is 37.3. The number of imide groups is 1. The highest BCUT2D eigenvalue weighted by Crippen LogP contribution is 2.35. The van der Waals surface area contributed by atoms with Crippen LogP contribution in [0.5, 0.6) is 0 Å². The van der Waals surface area contributed by atoms with Gasteiger partial charge in [-0.25, -0.2) is 9.78 Å². The maximum atomic E-state index is 12.8. The summed E-state index contributed by atoms with van der Waals surface area (Å²) in [4.78, 5) is 41.6. The number of halogens is 3. The van der Waals surface area contributed by atoms with Gasteiger partial charge in [-0.2, -0.15) is 13.2 Å². The second kappa shape index (κ2) is 8.03. The summed E-state index contributed by atoms with van der Waals surface area (Å²) in [5.41, 5.74) is 1.17. The number of carbonyl (C=O) groups excluding carboxylic acids is 2. The molecule has 152 valence electrons. The molecular formula is C18H15F3N4O3S. The SMILES string of the molecule is Cc1c(-c2ccccc2)sc2ncn(CC(=O)NC(=O)NCC(F)(F)F)c(=O)c12. The minimum absolute atomic E-state index is 0.352. The number of fused-ring (bicyclic) bond motifs is 1. The van der Waals surface area contributed by atoms with E-state index < -0.39 is 36.8 Å².